The van der Waals surface area contributed by atoms with Gasteiger partial charge in [0.1, 0.15) is 5.60 Å². The van der Waals surface area contributed by atoms with Crippen LogP contribution in [-0.2, 0) is 19.2 Å². The molecule has 1 unspecified atom stereocenters. The molecule has 0 fully saturated rings. The first kappa shape index (κ1) is 23.0. The summed E-state index contributed by atoms with van der Waals surface area (Å²) < 4.78 is 1.66. The van der Waals surface area contributed by atoms with Crippen LogP contribution in [0.2, 0.25) is 10.0 Å². The van der Waals surface area contributed by atoms with Gasteiger partial charge in [-0.3, -0.25) is 4.68 Å². The molecule has 2 aromatic rings. The van der Waals surface area contributed by atoms with Crippen LogP contribution in [0, 0.1) is 0 Å². The molecule has 9 heteroatoms. The van der Waals surface area contributed by atoms with Gasteiger partial charge in [0, 0.05) is 35.4 Å². The SMILES string of the molecule is CCNC(=NCc1ccc(Cl)cc1Cl)NCC(C)(O)c1cnn(C)c1.I. The van der Waals surface area contributed by atoms with Crippen LogP contribution in [0.3, 0.4) is 0 Å². The van der Waals surface area contributed by atoms with Crippen molar-refractivity contribution >= 4 is 53.1 Å². The zero-order chi connectivity index (χ0) is 18.4. The monoisotopic (exact) mass is 511 g/mol. The molecule has 26 heavy (non-hydrogen) atoms. The predicted molar refractivity (Wildman–Crippen MR) is 117 cm³/mol. The fourth-order valence-electron chi connectivity index (χ4n) is 2.21. The summed E-state index contributed by atoms with van der Waals surface area (Å²) in [5, 5.41) is 22.2. The third-order valence-corrected chi connectivity index (χ3v) is 4.28. The van der Waals surface area contributed by atoms with E-state index in [1.165, 1.54) is 0 Å². The highest BCUT2D eigenvalue weighted by Crippen LogP contribution is 2.21. The zero-order valence-electron chi connectivity index (χ0n) is 15.0. The maximum atomic E-state index is 10.6. The van der Waals surface area contributed by atoms with Gasteiger partial charge in [-0.25, -0.2) is 4.99 Å². The average Bonchev–Trinajstić information content (AvgIpc) is 2.99. The minimum Gasteiger partial charge on any atom is -0.383 e. The second-order valence-electron chi connectivity index (χ2n) is 5.96. The summed E-state index contributed by atoms with van der Waals surface area (Å²) in [5.74, 6) is 0.595. The first-order chi connectivity index (χ1) is 11.8. The van der Waals surface area contributed by atoms with Crippen molar-refractivity contribution in [3.05, 3.63) is 51.8 Å². The summed E-state index contributed by atoms with van der Waals surface area (Å²) in [6, 6.07) is 5.33. The summed E-state index contributed by atoms with van der Waals surface area (Å²) in [5.41, 5.74) is 0.545. The Hall–Kier alpha value is -1.03. The highest BCUT2D eigenvalue weighted by molar-refractivity contribution is 14.0. The Kier molecular flexibility index (Phi) is 9.15. The number of aryl methyl sites for hydroxylation is 1. The number of aliphatic hydroxyl groups is 1. The number of guanidine groups is 1. The van der Waals surface area contributed by atoms with Gasteiger partial charge in [0.15, 0.2) is 5.96 Å². The van der Waals surface area contributed by atoms with Crippen LogP contribution in [0.4, 0.5) is 0 Å². The van der Waals surface area contributed by atoms with Crippen LogP contribution >= 0.6 is 47.2 Å². The van der Waals surface area contributed by atoms with Gasteiger partial charge in [-0.1, -0.05) is 29.3 Å². The van der Waals surface area contributed by atoms with E-state index in [1.807, 2.05) is 20.0 Å². The molecule has 144 valence electrons. The Morgan fingerprint density at radius 3 is 2.65 bits per heavy atom. The third kappa shape index (κ3) is 6.61. The van der Waals surface area contributed by atoms with Crippen LogP contribution < -0.4 is 10.6 Å². The number of hydrogen-bond donors (Lipinski definition) is 3. The van der Waals surface area contributed by atoms with Crippen LogP contribution in [0.1, 0.15) is 25.0 Å². The molecule has 0 saturated carbocycles. The van der Waals surface area contributed by atoms with E-state index in [0.717, 1.165) is 11.1 Å². The minimum atomic E-state index is -1.07. The maximum absolute atomic E-state index is 10.6. The van der Waals surface area contributed by atoms with Crippen molar-refractivity contribution < 1.29 is 5.11 Å². The lowest BCUT2D eigenvalue weighted by molar-refractivity contribution is 0.0616. The summed E-state index contributed by atoms with van der Waals surface area (Å²) >= 11 is 12.1. The number of rotatable bonds is 6. The van der Waals surface area contributed by atoms with Crippen molar-refractivity contribution in [1.82, 2.24) is 20.4 Å². The Balaban J connectivity index is 0.00000338. The van der Waals surface area contributed by atoms with E-state index in [0.29, 0.717) is 35.6 Å². The topological polar surface area (TPSA) is 74.5 Å². The van der Waals surface area contributed by atoms with Crippen LogP contribution in [0.15, 0.2) is 35.6 Å². The first-order valence-electron chi connectivity index (χ1n) is 7.99. The van der Waals surface area contributed by atoms with Gasteiger partial charge in [0.25, 0.3) is 0 Å². The van der Waals surface area contributed by atoms with E-state index in [9.17, 15) is 5.11 Å². The van der Waals surface area contributed by atoms with Crippen LogP contribution in [0.5, 0.6) is 0 Å². The van der Waals surface area contributed by atoms with Gasteiger partial charge in [-0.05, 0) is 31.5 Å². The fourth-order valence-corrected chi connectivity index (χ4v) is 2.68. The second kappa shape index (κ2) is 10.3. The highest BCUT2D eigenvalue weighted by atomic mass is 127. The summed E-state index contributed by atoms with van der Waals surface area (Å²) in [4.78, 5) is 4.51. The molecular formula is C17H24Cl2IN5O. The number of aromatic nitrogens is 2. The average molecular weight is 512 g/mol. The first-order valence-corrected chi connectivity index (χ1v) is 8.75. The Morgan fingerprint density at radius 1 is 1.35 bits per heavy atom. The van der Waals surface area contributed by atoms with E-state index >= 15 is 0 Å². The molecule has 1 atom stereocenters. The van der Waals surface area contributed by atoms with Gasteiger partial charge in [-0.2, -0.15) is 5.10 Å². The summed E-state index contributed by atoms with van der Waals surface area (Å²) in [6.45, 7) is 5.11. The molecule has 0 aliphatic rings. The van der Waals surface area contributed by atoms with Crippen molar-refractivity contribution in [2.24, 2.45) is 12.0 Å². The van der Waals surface area contributed by atoms with E-state index < -0.39 is 5.60 Å². The van der Waals surface area contributed by atoms with Gasteiger partial charge in [0.05, 0.1) is 19.3 Å². The number of hydrogen-bond acceptors (Lipinski definition) is 3. The van der Waals surface area contributed by atoms with Gasteiger partial charge >= 0.3 is 0 Å². The smallest absolute Gasteiger partial charge is 0.191 e. The molecule has 0 bridgehead atoms. The van der Waals surface area contributed by atoms with Crippen molar-refractivity contribution in [2.45, 2.75) is 26.0 Å². The molecule has 0 amide bonds. The number of halogens is 3. The van der Waals surface area contributed by atoms with Crippen molar-refractivity contribution in [2.75, 3.05) is 13.1 Å². The molecule has 0 spiro atoms. The van der Waals surface area contributed by atoms with Crippen molar-refractivity contribution in [3.8, 4) is 0 Å². The molecule has 1 aromatic carbocycles. The molecule has 0 aliphatic carbocycles. The summed E-state index contributed by atoms with van der Waals surface area (Å²) in [6.07, 6.45) is 3.44. The lowest BCUT2D eigenvalue weighted by atomic mass is 10.00. The number of benzene rings is 1. The maximum Gasteiger partial charge on any atom is 0.191 e. The van der Waals surface area contributed by atoms with Crippen LogP contribution in [0.25, 0.3) is 0 Å². The van der Waals surface area contributed by atoms with E-state index in [4.69, 9.17) is 23.2 Å². The largest absolute Gasteiger partial charge is 0.383 e. The zero-order valence-corrected chi connectivity index (χ0v) is 18.8. The predicted octanol–water partition coefficient (Wildman–Crippen LogP) is 3.31. The molecule has 0 saturated heterocycles. The lowest BCUT2D eigenvalue weighted by Crippen LogP contribution is -2.44. The fraction of sp³-hybridized carbons (Fsp3) is 0.412. The Bertz CT molecular complexity index is 749. The van der Waals surface area contributed by atoms with E-state index in [2.05, 4.69) is 20.7 Å². The third-order valence-electron chi connectivity index (χ3n) is 3.69. The molecule has 1 heterocycles. The van der Waals surface area contributed by atoms with E-state index in [1.54, 1.807) is 36.1 Å². The molecule has 3 N–H and O–H groups in total. The number of aliphatic imine (C=N–C) groups is 1. The highest BCUT2D eigenvalue weighted by Gasteiger charge is 2.24. The number of nitrogens with zero attached hydrogens (tertiary/aromatic N) is 3. The second-order valence-corrected chi connectivity index (χ2v) is 6.80. The molecule has 2 rings (SSSR count). The van der Waals surface area contributed by atoms with E-state index in [-0.39, 0.29) is 24.0 Å². The van der Waals surface area contributed by atoms with Crippen molar-refractivity contribution in [1.29, 1.82) is 0 Å². The number of nitrogens with one attached hydrogen (secondary N) is 2. The molecule has 0 aliphatic heterocycles. The normalized spacial score (nSPS) is 13.7. The van der Waals surface area contributed by atoms with Gasteiger partial charge < -0.3 is 15.7 Å². The molecule has 0 radical (unpaired) electrons. The Labute approximate surface area is 181 Å². The molecular weight excluding hydrogens is 488 g/mol. The molecule has 6 nitrogen and oxygen atoms in total. The quantitative estimate of drug-likeness (QED) is 0.316. The summed E-state index contributed by atoms with van der Waals surface area (Å²) in [7, 11) is 1.81. The standard InChI is InChI=1S/C17H23Cl2N5O.HI/c1-4-20-16(21-8-12-5-6-14(18)7-15(12)19)22-11-17(2,25)13-9-23-24(3)10-13;/h5-7,9-10,25H,4,8,11H2,1-3H3,(H2,20,21,22);1H. The van der Waals surface area contributed by atoms with Gasteiger partial charge in [-0.15, -0.1) is 24.0 Å². The van der Waals surface area contributed by atoms with Crippen LogP contribution in [-0.4, -0.2) is 33.9 Å². The lowest BCUT2D eigenvalue weighted by Gasteiger charge is -2.23. The van der Waals surface area contributed by atoms with Crippen molar-refractivity contribution in [3.63, 3.8) is 0 Å². The minimum absolute atomic E-state index is 0. The van der Waals surface area contributed by atoms with Gasteiger partial charge in [0.2, 0.25) is 0 Å². The molecule has 1 aromatic heterocycles. The Morgan fingerprint density at radius 2 is 2.08 bits per heavy atom.